The van der Waals surface area contributed by atoms with Gasteiger partial charge in [0.1, 0.15) is 5.69 Å². The number of pyridine rings is 1. The molecule has 0 saturated carbocycles. The molecule has 0 saturated heterocycles. The van der Waals surface area contributed by atoms with Crippen molar-refractivity contribution in [3.63, 3.8) is 0 Å². The molecule has 2 aromatic rings. The Morgan fingerprint density at radius 3 is 2.56 bits per heavy atom. The fourth-order valence-corrected chi connectivity index (χ4v) is 2.11. The molecule has 0 amide bonds. The van der Waals surface area contributed by atoms with Crippen molar-refractivity contribution in [2.45, 2.75) is 26.1 Å². The van der Waals surface area contributed by atoms with Crippen molar-refractivity contribution in [1.29, 1.82) is 0 Å². The van der Waals surface area contributed by atoms with Crippen LogP contribution in [-0.2, 0) is 12.4 Å². The summed E-state index contributed by atoms with van der Waals surface area (Å²) in [4.78, 5) is 4.35. The molecule has 0 radical (unpaired) electrons. The van der Waals surface area contributed by atoms with E-state index in [9.17, 15) is 0 Å². The summed E-state index contributed by atoms with van der Waals surface area (Å²) in [6.45, 7) is 5.91. The SMILES string of the molecule is Cc1cc(CBr)cnc1Oc1c(C)nn(C)c1C. The molecule has 18 heavy (non-hydrogen) atoms. The molecule has 2 rings (SSSR count). The average Bonchev–Trinajstić information content (AvgIpc) is 2.58. The number of aromatic nitrogens is 3. The van der Waals surface area contributed by atoms with Crippen LogP contribution in [0.4, 0.5) is 0 Å². The van der Waals surface area contributed by atoms with E-state index in [0.717, 1.165) is 33.6 Å². The summed E-state index contributed by atoms with van der Waals surface area (Å²) < 4.78 is 7.69. The smallest absolute Gasteiger partial charge is 0.222 e. The Bertz CT molecular complexity index is 578. The highest BCUT2D eigenvalue weighted by Gasteiger charge is 2.13. The van der Waals surface area contributed by atoms with Crippen molar-refractivity contribution >= 4 is 15.9 Å². The van der Waals surface area contributed by atoms with E-state index >= 15 is 0 Å². The quantitative estimate of drug-likeness (QED) is 0.816. The van der Waals surface area contributed by atoms with Crippen LogP contribution in [0, 0.1) is 20.8 Å². The Labute approximate surface area is 115 Å². The molecule has 2 aromatic heterocycles. The van der Waals surface area contributed by atoms with Crippen LogP contribution < -0.4 is 4.74 Å². The Morgan fingerprint density at radius 2 is 2.06 bits per heavy atom. The molecule has 0 N–H and O–H groups in total. The van der Waals surface area contributed by atoms with Gasteiger partial charge in [-0.3, -0.25) is 4.68 Å². The van der Waals surface area contributed by atoms with Crippen LogP contribution in [-0.4, -0.2) is 14.8 Å². The molecule has 4 nitrogen and oxygen atoms in total. The molecule has 0 atom stereocenters. The van der Waals surface area contributed by atoms with Crippen LogP contribution in [0.15, 0.2) is 12.3 Å². The van der Waals surface area contributed by atoms with Gasteiger partial charge in [0.2, 0.25) is 5.88 Å². The fraction of sp³-hybridized carbons (Fsp3) is 0.385. The van der Waals surface area contributed by atoms with Gasteiger partial charge in [-0.05, 0) is 32.4 Å². The topological polar surface area (TPSA) is 39.9 Å². The predicted molar refractivity (Wildman–Crippen MR) is 74.4 cm³/mol. The van der Waals surface area contributed by atoms with Crippen molar-refractivity contribution in [2.24, 2.45) is 7.05 Å². The zero-order chi connectivity index (χ0) is 13.3. The van der Waals surface area contributed by atoms with E-state index in [1.54, 1.807) is 0 Å². The maximum atomic E-state index is 5.88. The van der Waals surface area contributed by atoms with Crippen molar-refractivity contribution < 1.29 is 4.74 Å². The van der Waals surface area contributed by atoms with Gasteiger partial charge in [0.05, 0.1) is 5.69 Å². The van der Waals surface area contributed by atoms with Crippen molar-refractivity contribution in [3.8, 4) is 11.6 Å². The summed E-state index contributed by atoms with van der Waals surface area (Å²) in [6, 6.07) is 2.07. The molecule has 96 valence electrons. The van der Waals surface area contributed by atoms with Crippen LogP contribution >= 0.6 is 15.9 Å². The zero-order valence-corrected chi connectivity index (χ0v) is 12.6. The number of rotatable bonds is 3. The van der Waals surface area contributed by atoms with Gasteiger partial charge >= 0.3 is 0 Å². The maximum absolute atomic E-state index is 5.88. The lowest BCUT2D eigenvalue weighted by Gasteiger charge is -2.08. The molecule has 0 bridgehead atoms. The van der Waals surface area contributed by atoms with E-state index in [0.29, 0.717) is 5.88 Å². The van der Waals surface area contributed by atoms with Gasteiger partial charge in [0.25, 0.3) is 0 Å². The van der Waals surface area contributed by atoms with Gasteiger partial charge in [0.15, 0.2) is 5.75 Å². The lowest BCUT2D eigenvalue weighted by molar-refractivity contribution is 0.451. The highest BCUT2D eigenvalue weighted by molar-refractivity contribution is 9.08. The second kappa shape index (κ2) is 5.10. The van der Waals surface area contributed by atoms with Crippen molar-refractivity contribution in [3.05, 3.63) is 34.8 Å². The molecule has 0 spiro atoms. The Balaban J connectivity index is 2.34. The molecule has 0 aromatic carbocycles. The lowest BCUT2D eigenvalue weighted by atomic mass is 10.2. The summed E-state index contributed by atoms with van der Waals surface area (Å²) in [7, 11) is 1.91. The van der Waals surface area contributed by atoms with E-state index in [1.807, 2.05) is 38.7 Å². The fourth-order valence-electron chi connectivity index (χ4n) is 1.80. The first-order chi connectivity index (χ1) is 8.52. The van der Waals surface area contributed by atoms with E-state index in [1.165, 1.54) is 0 Å². The summed E-state index contributed by atoms with van der Waals surface area (Å²) >= 11 is 3.42. The maximum Gasteiger partial charge on any atom is 0.222 e. The minimum Gasteiger partial charge on any atom is -0.435 e. The number of ether oxygens (including phenoxy) is 1. The zero-order valence-electron chi connectivity index (χ0n) is 11.0. The first-order valence-electron chi connectivity index (χ1n) is 5.72. The van der Waals surface area contributed by atoms with Gasteiger partial charge in [0, 0.05) is 24.1 Å². The molecule has 0 aliphatic heterocycles. The Kier molecular flexibility index (Phi) is 3.71. The van der Waals surface area contributed by atoms with Crippen molar-refractivity contribution in [1.82, 2.24) is 14.8 Å². The Morgan fingerprint density at radius 1 is 1.33 bits per heavy atom. The minimum absolute atomic E-state index is 0.638. The molecule has 0 fully saturated rings. The van der Waals surface area contributed by atoms with Crippen LogP contribution in [0.3, 0.4) is 0 Å². The average molecular weight is 310 g/mol. The normalized spacial score (nSPS) is 10.7. The molecule has 0 aliphatic carbocycles. The highest BCUT2D eigenvalue weighted by atomic mass is 79.9. The van der Waals surface area contributed by atoms with Gasteiger partial charge in [-0.2, -0.15) is 5.10 Å². The van der Waals surface area contributed by atoms with E-state index in [-0.39, 0.29) is 0 Å². The van der Waals surface area contributed by atoms with E-state index in [4.69, 9.17) is 4.74 Å². The molecule has 0 unspecified atom stereocenters. The van der Waals surface area contributed by atoms with Crippen LogP contribution in [0.5, 0.6) is 11.6 Å². The molecule has 0 aliphatic rings. The number of halogens is 1. The summed E-state index contributed by atoms with van der Waals surface area (Å²) in [5.41, 5.74) is 4.04. The van der Waals surface area contributed by atoms with Gasteiger partial charge in [-0.25, -0.2) is 4.98 Å². The monoisotopic (exact) mass is 309 g/mol. The van der Waals surface area contributed by atoms with Gasteiger partial charge in [-0.15, -0.1) is 0 Å². The largest absolute Gasteiger partial charge is 0.435 e. The van der Waals surface area contributed by atoms with Crippen molar-refractivity contribution in [2.75, 3.05) is 0 Å². The van der Waals surface area contributed by atoms with Gasteiger partial charge < -0.3 is 4.74 Å². The van der Waals surface area contributed by atoms with Crippen LogP contribution in [0.25, 0.3) is 0 Å². The number of hydrogen-bond donors (Lipinski definition) is 0. The number of aryl methyl sites for hydroxylation is 3. The highest BCUT2D eigenvalue weighted by Crippen LogP contribution is 2.29. The third kappa shape index (κ3) is 2.41. The summed E-state index contributed by atoms with van der Waals surface area (Å²) in [6.07, 6.45) is 1.82. The third-order valence-corrected chi connectivity index (χ3v) is 3.53. The summed E-state index contributed by atoms with van der Waals surface area (Å²) in [5, 5.41) is 5.12. The molecular formula is C13H16BrN3O. The predicted octanol–water partition coefficient (Wildman–Crippen LogP) is 3.43. The standard InChI is InChI=1S/C13H16BrN3O/c1-8-5-11(6-14)7-15-13(8)18-12-9(2)16-17(4)10(12)3/h5,7H,6H2,1-4H3. The number of nitrogens with zero attached hydrogens (tertiary/aromatic N) is 3. The van der Waals surface area contributed by atoms with Crippen LogP contribution in [0.1, 0.15) is 22.5 Å². The van der Waals surface area contributed by atoms with Gasteiger partial charge in [-0.1, -0.05) is 15.9 Å². The first kappa shape index (κ1) is 13.1. The molecule has 5 heteroatoms. The minimum atomic E-state index is 0.638. The number of alkyl halides is 1. The third-order valence-electron chi connectivity index (χ3n) is 2.88. The van der Waals surface area contributed by atoms with E-state index < -0.39 is 0 Å². The first-order valence-corrected chi connectivity index (χ1v) is 6.84. The lowest BCUT2D eigenvalue weighted by Crippen LogP contribution is -1.96. The summed E-state index contributed by atoms with van der Waals surface area (Å²) in [5.74, 6) is 1.43. The molecular weight excluding hydrogens is 294 g/mol. The van der Waals surface area contributed by atoms with E-state index in [2.05, 4.69) is 32.1 Å². The molecule has 2 heterocycles. The second-order valence-corrected chi connectivity index (χ2v) is 4.89. The second-order valence-electron chi connectivity index (χ2n) is 4.32. The number of hydrogen-bond acceptors (Lipinski definition) is 3. The Hall–Kier alpha value is -1.36. The van der Waals surface area contributed by atoms with Crippen LogP contribution in [0.2, 0.25) is 0 Å².